The smallest absolute Gasteiger partial charge is 0.307 e. The first kappa shape index (κ1) is 18.4. The largest absolute Gasteiger partial charge is 0.481 e. The summed E-state index contributed by atoms with van der Waals surface area (Å²) in [4.78, 5) is 22.9. The van der Waals surface area contributed by atoms with Crippen molar-refractivity contribution in [3.8, 4) is 0 Å². The van der Waals surface area contributed by atoms with Gasteiger partial charge in [-0.15, -0.1) is 0 Å². The van der Waals surface area contributed by atoms with Crippen molar-refractivity contribution in [3.05, 3.63) is 58.7 Å². The van der Waals surface area contributed by atoms with Crippen LogP contribution >= 0.6 is 0 Å². The van der Waals surface area contributed by atoms with Crippen molar-refractivity contribution >= 4 is 11.9 Å². The van der Waals surface area contributed by atoms with Gasteiger partial charge in [0.2, 0.25) is 0 Å². The van der Waals surface area contributed by atoms with E-state index in [1.165, 1.54) is 0 Å². The molecule has 1 aromatic rings. The molecular weight excluding hydrogens is 328 g/mol. The highest BCUT2D eigenvalue weighted by molar-refractivity contribution is 5.73. The van der Waals surface area contributed by atoms with E-state index < -0.39 is 11.9 Å². The zero-order chi connectivity index (χ0) is 18.5. The van der Waals surface area contributed by atoms with Crippen molar-refractivity contribution in [1.29, 1.82) is 0 Å². The number of carboxylic acid groups (broad SMARTS) is 2. The molecule has 138 valence electrons. The van der Waals surface area contributed by atoms with Gasteiger partial charge in [-0.3, -0.25) is 9.59 Å². The van der Waals surface area contributed by atoms with Crippen LogP contribution in [0, 0.1) is 0 Å². The molecule has 0 amide bonds. The summed E-state index contributed by atoms with van der Waals surface area (Å²) in [6.45, 7) is 0. The Morgan fingerprint density at radius 2 is 1.23 bits per heavy atom. The summed E-state index contributed by atoms with van der Waals surface area (Å²) < 4.78 is 0. The molecule has 0 heterocycles. The van der Waals surface area contributed by atoms with E-state index in [2.05, 4.69) is 24.3 Å². The van der Waals surface area contributed by atoms with E-state index in [0.29, 0.717) is 0 Å². The molecule has 2 aliphatic carbocycles. The molecule has 0 radical (unpaired) electrons. The Morgan fingerprint density at radius 1 is 0.808 bits per heavy atom. The van der Waals surface area contributed by atoms with Crippen molar-refractivity contribution in [2.45, 2.75) is 63.2 Å². The van der Waals surface area contributed by atoms with E-state index in [4.69, 9.17) is 0 Å². The second kappa shape index (κ2) is 8.35. The fourth-order valence-corrected chi connectivity index (χ4v) is 4.19. The van der Waals surface area contributed by atoms with Gasteiger partial charge in [0.15, 0.2) is 0 Å². The van der Waals surface area contributed by atoms with Crippen molar-refractivity contribution in [2.24, 2.45) is 0 Å². The number of carboxylic acids is 2. The molecule has 3 rings (SSSR count). The van der Waals surface area contributed by atoms with E-state index in [9.17, 15) is 19.8 Å². The van der Waals surface area contributed by atoms with Crippen molar-refractivity contribution in [3.63, 3.8) is 0 Å². The lowest BCUT2D eigenvalue weighted by molar-refractivity contribution is -0.137. The summed E-state index contributed by atoms with van der Waals surface area (Å²) in [5.74, 6) is -1.33. The third kappa shape index (κ3) is 4.43. The van der Waals surface area contributed by atoms with Gasteiger partial charge in [0.25, 0.3) is 0 Å². The quantitative estimate of drug-likeness (QED) is 0.733. The average molecular weight is 354 g/mol. The van der Waals surface area contributed by atoms with Crippen LogP contribution < -0.4 is 0 Å². The highest BCUT2D eigenvalue weighted by Crippen LogP contribution is 2.37. The minimum atomic E-state index is -0.845. The maximum absolute atomic E-state index is 11.4. The van der Waals surface area contributed by atoms with Gasteiger partial charge < -0.3 is 10.2 Å². The summed E-state index contributed by atoms with van der Waals surface area (Å²) in [6.07, 6.45) is 14.8. The molecule has 0 spiro atoms. The second-order valence-electron chi connectivity index (χ2n) is 7.32. The molecule has 0 aromatic heterocycles. The van der Waals surface area contributed by atoms with Crippen LogP contribution in [0.1, 0.15) is 72.6 Å². The predicted octanol–water partition coefficient (Wildman–Crippen LogP) is 4.59. The molecule has 2 N–H and O–H groups in total. The normalized spacial score (nSPS) is 22.3. The van der Waals surface area contributed by atoms with E-state index in [0.717, 1.165) is 60.8 Å². The Balaban J connectivity index is 2.09. The molecule has 0 fully saturated rings. The molecule has 2 aliphatic rings. The number of benzene rings is 1. The summed E-state index contributed by atoms with van der Waals surface area (Å²) in [7, 11) is 0. The maximum Gasteiger partial charge on any atom is 0.307 e. The number of hydrogen-bond donors (Lipinski definition) is 2. The highest BCUT2D eigenvalue weighted by atomic mass is 16.4. The lowest BCUT2D eigenvalue weighted by Crippen LogP contribution is -2.14. The summed E-state index contributed by atoms with van der Waals surface area (Å²) in [6, 6.07) is 3.95. The van der Waals surface area contributed by atoms with E-state index >= 15 is 0 Å². The molecule has 4 nitrogen and oxygen atoms in total. The highest BCUT2D eigenvalue weighted by Gasteiger charge is 2.23. The van der Waals surface area contributed by atoms with Crippen LogP contribution in [-0.2, 0) is 22.4 Å². The van der Waals surface area contributed by atoms with E-state index in [1.54, 1.807) is 0 Å². The predicted molar refractivity (Wildman–Crippen MR) is 101 cm³/mol. The van der Waals surface area contributed by atoms with E-state index in [1.807, 2.05) is 12.1 Å². The van der Waals surface area contributed by atoms with Gasteiger partial charge in [-0.2, -0.15) is 0 Å². The SMILES string of the molecule is O=C(O)Cc1cc(C2C=CCCC2)c(CC(=O)O)cc1C1C=CCCC1. The molecule has 0 saturated carbocycles. The first-order valence-electron chi connectivity index (χ1n) is 9.47. The molecule has 0 aliphatic heterocycles. The van der Waals surface area contributed by atoms with Gasteiger partial charge in [-0.1, -0.05) is 36.4 Å². The molecule has 1 aromatic carbocycles. The Kier molecular flexibility index (Phi) is 5.92. The third-order valence-corrected chi connectivity index (χ3v) is 5.39. The molecule has 2 atom stereocenters. The Labute approximate surface area is 154 Å². The molecule has 4 heteroatoms. The molecule has 2 unspecified atom stereocenters. The molecular formula is C22H26O4. The van der Waals surface area contributed by atoms with Crippen LogP contribution in [0.25, 0.3) is 0 Å². The van der Waals surface area contributed by atoms with Gasteiger partial charge in [0.1, 0.15) is 0 Å². The Morgan fingerprint density at radius 3 is 1.54 bits per heavy atom. The van der Waals surface area contributed by atoms with Gasteiger partial charge >= 0.3 is 11.9 Å². The van der Waals surface area contributed by atoms with Crippen molar-refractivity contribution < 1.29 is 19.8 Å². The van der Waals surface area contributed by atoms with Gasteiger partial charge in [0.05, 0.1) is 12.8 Å². The first-order valence-corrected chi connectivity index (χ1v) is 9.47. The van der Waals surface area contributed by atoms with Crippen LogP contribution in [0.15, 0.2) is 36.4 Å². The summed E-state index contributed by atoms with van der Waals surface area (Å²) in [5, 5.41) is 18.8. The van der Waals surface area contributed by atoms with Crippen molar-refractivity contribution in [1.82, 2.24) is 0 Å². The third-order valence-electron chi connectivity index (χ3n) is 5.39. The Bertz CT molecular complexity index is 681. The standard InChI is InChI=1S/C22H26O4/c23-21(24)13-17-12-20(16-9-5-2-6-10-16)18(14-22(25)26)11-19(17)15-7-3-1-4-8-15/h3,5,7,9,11-12,15-16H,1-2,4,6,8,10,13-14H2,(H,23,24)(H,25,26). The summed E-state index contributed by atoms with van der Waals surface area (Å²) >= 11 is 0. The summed E-state index contributed by atoms with van der Waals surface area (Å²) in [5.41, 5.74) is 3.64. The number of allylic oxidation sites excluding steroid dienone is 4. The number of carbonyl (C=O) groups is 2. The maximum atomic E-state index is 11.4. The van der Waals surface area contributed by atoms with Gasteiger partial charge in [-0.05, 0) is 60.8 Å². The first-order chi connectivity index (χ1) is 12.5. The van der Waals surface area contributed by atoms with Crippen LogP contribution in [0.3, 0.4) is 0 Å². The second-order valence-corrected chi connectivity index (χ2v) is 7.32. The zero-order valence-electron chi connectivity index (χ0n) is 15.0. The minimum Gasteiger partial charge on any atom is -0.481 e. The number of hydrogen-bond acceptors (Lipinski definition) is 2. The van der Waals surface area contributed by atoms with Gasteiger partial charge in [-0.25, -0.2) is 0 Å². The molecule has 26 heavy (non-hydrogen) atoms. The fraction of sp³-hybridized carbons (Fsp3) is 0.455. The fourth-order valence-electron chi connectivity index (χ4n) is 4.19. The minimum absolute atomic E-state index is 0.0174. The lowest BCUT2D eigenvalue weighted by atomic mass is 9.79. The van der Waals surface area contributed by atoms with Crippen molar-refractivity contribution in [2.75, 3.05) is 0 Å². The van der Waals surface area contributed by atoms with E-state index in [-0.39, 0.29) is 24.7 Å². The monoisotopic (exact) mass is 354 g/mol. The van der Waals surface area contributed by atoms with Crippen LogP contribution in [0.5, 0.6) is 0 Å². The molecule has 0 bridgehead atoms. The molecule has 0 saturated heterocycles. The lowest BCUT2D eigenvalue weighted by Gasteiger charge is -2.25. The number of rotatable bonds is 6. The number of aliphatic carboxylic acids is 2. The zero-order valence-corrected chi connectivity index (χ0v) is 15.0. The van der Waals surface area contributed by atoms with Crippen LogP contribution in [0.4, 0.5) is 0 Å². The Hall–Kier alpha value is -2.36. The van der Waals surface area contributed by atoms with Gasteiger partial charge in [0, 0.05) is 11.8 Å². The topological polar surface area (TPSA) is 74.6 Å². The average Bonchev–Trinajstić information content (AvgIpc) is 2.63. The van der Waals surface area contributed by atoms with Crippen LogP contribution in [-0.4, -0.2) is 22.2 Å². The van der Waals surface area contributed by atoms with Crippen LogP contribution in [0.2, 0.25) is 0 Å².